The minimum Gasteiger partial charge on any atom is -0.469 e. The van der Waals surface area contributed by atoms with Crippen molar-refractivity contribution < 1.29 is 14.3 Å². The Kier molecular flexibility index (Phi) is 4.82. The van der Waals surface area contributed by atoms with Gasteiger partial charge in [-0.05, 0) is 30.4 Å². The monoisotopic (exact) mass is 309 g/mol. The second-order valence-electron chi connectivity index (χ2n) is 5.50. The van der Waals surface area contributed by atoms with E-state index in [1.165, 1.54) is 12.0 Å². The second kappa shape index (κ2) is 6.43. The van der Waals surface area contributed by atoms with Gasteiger partial charge in [-0.3, -0.25) is 9.59 Å². The van der Waals surface area contributed by atoms with Crippen LogP contribution in [0.2, 0.25) is 0 Å². The lowest BCUT2D eigenvalue weighted by Crippen LogP contribution is -2.23. The van der Waals surface area contributed by atoms with Crippen molar-refractivity contribution in [1.29, 1.82) is 0 Å². The van der Waals surface area contributed by atoms with Crippen molar-refractivity contribution in [2.24, 2.45) is 5.41 Å². The Morgan fingerprint density at radius 2 is 2.05 bits per heavy atom. The van der Waals surface area contributed by atoms with E-state index < -0.39 is 0 Å². The highest BCUT2D eigenvalue weighted by atomic mass is 32.2. The second-order valence-corrected chi connectivity index (χ2v) is 6.49. The van der Waals surface area contributed by atoms with Crippen molar-refractivity contribution in [2.75, 3.05) is 27.0 Å². The number of aromatic nitrogens is 2. The molecule has 114 valence electrons. The Morgan fingerprint density at radius 1 is 1.33 bits per heavy atom. The van der Waals surface area contributed by atoms with Gasteiger partial charge in [0.2, 0.25) is 0 Å². The zero-order valence-corrected chi connectivity index (χ0v) is 13.3. The molecular weight excluding hydrogens is 290 g/mol. The third-order valence-electron chi connectivity index (χ3n) is 3.50. The average molecular weight is 309 g/mol. The molecule has 0 aliphatic heterocycles. The Labute approximate surface area is 128 Å². The Hall–Kier alpha value is -1.63. The highest BCUT2D eigenvalue weighted by Crippen LogP contribution is 2.51. The maximum Gasteiger partial charge on any atom is 0.306 e. The van der Waals surface area contributed by atoms with Crippen LogP contribution in [-0.4, -0.2) is 53.9 Å². The quantitative estimate of drug-likeness (QED) is 0.587. The van der Waals surface area contributed by atoms with Crippen LogP contribution in [0.15, 0.2) is 17.2 Å². The summed E-state index contributed by atoms with van der Waals surface area (Å²) in [7, 11) is 4.77. The molecule has 0 spiro atoms. The van der Waals surface area contributed by atoms with Crippen LogP contribution in [0.25, 0.3) is 0 Å². The first-order chi connectivity index (χ1) is 9.96. The molecule has 0 aromatic carbocycles. The number of esters is 1. The molecule has 6 nitrogen and oxygen atoms in total. The van der Waals surface area contributed by atoms with E-state index in [4.69, 9.17) is 4.74 Å². The van der Waals surface area contributed by atoms with E-state index in [2.05, 4.69) is 10.2 Å². The third-order valence-corrected chi connectivity index (χ3v) is 4.77. The van der Waals surface area contributed by atoms with Gasteiger partial charge in [0.05, 0.1) is 13.5 Å². The smallest absolute Gasteiger partial charge is 0.306 e. The number of thioether (sulfide) groups is 1. The number of amides is 1. The highest BCUT2D eigenvalue weighted by molar-refractivity contribution is 7.99. The first-order valence-corrected chi connectivity index (χ1v) is 7.69. The Balaban J connectivity index is 1.90. The minimum atomic E-state index is -0.164. The van der Waals surface area contributed by atoms with Crippen LogP contribution >= 0.6 is 11.8 Å². The largest absolute Gasteiger partial charge is 0.469 e. The predicted octanol–water partition coefficient (Wildman–Crippen LogP) is 1.61. The summed E-state index contributed by atoms with van der Waals surface area (Å²) in [5.74, 6) is 0.493. The van der Waals surface area contributed by atoms with Crippen LogP contribution in [0.4, 0.5) is 0 Å². The first-order valence-electron chi connectivity index (χ1n) is 6.71. The van der Waals surface area contributed by atoms with Crippen LogP contribution in [0.1, 0.15) is 29.8 Å². The standard InChI is InChI=1S/C14H19N3O3S/c1-17(2)13(19)10-4-5-11(16-15-10)21-9-14(6-7-14)8-12(18)20-3/h4-5H,6-9H2,1-3H3. The average Bonchev–Trinajstić information content (AvgIpc) is 3.24. The predicted molar refractivity (Wildman–Crippen MR) is 79.1 cm³/mol. The molecule has 2 rings (SSSR count). The zero-order chi connectivity index (χ0) is 15.5. The molecule has 1 aliphatic carbocycles. The Morgan fingerprint density at radius 3 is 2.52 bits per heavy atom. The number of ether oxygens (including phenoxy) is 1. The summed E-state index contributed by atoms with van der Waals surface area (Å²) < 4.78 is 4.72. The number of carbonyl (C=O) groups excluding carboxylic acids is 2. The van der Waals surface area contributed by atoms with Crippen LogP contribution < -0.4 is 0 Å². The van der Waals surface area contributed by atoms with E-state index in [1.807, 2.05) is 0 Å². The summed E-state index contributed by atoms with van der Waals surface area (Å²) in [6.45, 7) is 0. The maximum atomic E-state index is 11.7. The molecule has 1 amide bonds. The molecule has 1 saturated carbocycles. The maximum absolute atomic E-state index is 11.7. The fourth-order valence-corrected chi connectivity index (χ4v) is 3.00. The van der Waals surface area contributed by atoms with Crippen molar-refractivity contribution in [2.45, 2.75) is 24.3 Å². The van der Waals surface area contributed by atoms with Gasteiger partial charge in [-0.15, -0.1) is 22.0 Å². The number of hydrogen-bond donors (Lipinski definition) is 0. The lowest BCUT2D eigenvalue weighted by atomic mass is 10.1. The van der Waals surface area contributed by atoms with Gasteiger partial charge in [-0.2, -0.15) is 0 Å². The summed E-state index contributed by atoms with van der Waals surface area (Å²) in [5, 5.41) is 8.77. The van der Waals surface area contributed by atoms with Crippen LogP contribution in [-0.2, 0) is 9.53 Å². The van der Waals surface area contributed by atoms with E-state index in [9.17, 15) is 9.59 Å². The molecule has 0 N–H and O–H groups in total. The molecular formula is C14H19N3O3S. The highest BCUT2D eigenvalue weighted by Gasteiger charge is 2.44. The topological polar surface area (TPSA) is 72.4 Å². The summed E-state index contributed by atoms with van der Waals surface area (Å²) >= 11 is 1.56. The van der Waals surface area contributed by atoms with E-state index in [0.29, 0.717) is 12.1 Å². The number of methoxy groups -OCH3 is 1. The van der Waals surface area contributed by atoms with Crippen molar-refractivity contribution in [1.82, 2.24) is 15.1 Å². The van der Waals surface area contributed by atoms with Gasteiger partial charge in [-0.25, -0.2) is 0 Å². The van der Waals surface area contributed by atoms with Gasteiger partial charge < -0.3 is 9.64 Å². The van der Waals surface area contributed by atoms with Gasteiger partial charge in [0.25, 0.3) is 5.91 Å². The van der Waals surface area contributed by atoms with E-state index >= 15 is 0 Å². The van der Waals surface area contributed by atoms with Crippen molar-refractivity contribution >= 4 is 23.6 Å². The fourth-order valence-electron chi connectivity index (χ4n) is 1.89. The molecule has 0 atom stereocenters. The molecule has 0 saturated heterocycles. The van der Waals surface area contributed by atoms with Gasteiger partial charge in [0.1, 0.15) is 5.03 Å². The summed E-state index contributed by atoms with van der Waals surface area (Å²) in [4.78, 5) is 24.5. The lowest BCUT2D eigenvalue weighted by molar-refractivity contribution is -0.141. The molecule has 1 fully saturated rings. The SMILES string of the molecule is COC(=O)CC1(CSc2ccc(C(=O)N(C)C)nn2)CC1. The molecule has 1 aromatic heterocycles. The minimum absolute atomic E-state index is 0.0531. The van der Waals surface area contributed by atoms with Crippen molar-refractivity contribution in [3.8, 4) is 0 Å². The van der Waals surface area contributed by atoms with Crippen molar-refractivity contribution in [3.63, 3.8) is 0 Å². The molecule has 7 heteroatoms. The van der Waals surface area contributed by atoms with Gasteiger partial charge >= 0.3 is 5.97 Å². The molecule has 0 unspecified atom stereocenters. The van der Waals surface area contributed by atoms with E-state index in [1.54, 1.807) is 38.0 Å². The molecule has 0 radical (unpaired) electrons. The Bertz CT molecular complexity index is 527. The molecule has 1 aliphatic rings. The van der Waals surface area contributed by atoms with Crippen LogP contribution in [0.3, 0.4) is 0 Å². The number of nitrogens with zero attached hydrogens (tertiary/aromatic N) is 3. The molecule has 1 aromatic rings. The van der Waals surface area contributed by atoms with Gasteiger partial charge in [-0.1, -0.05) is 0 Å². The van der Waals surface area contributed by atoms with Crippen LogP contribution in [0, 0.1) is 5.41 Å². The fraction of sp³-hybridized carbons (Fsp3) is 0.571. The summed E-state index contributed by atoms with van der Waals surface area (Å²) in [6, 6.07) is 3.47. The summed E-state index contributed by atoms with van der Waals surface area (Å²) in [6.07, 6.45) is 2.54. The lowest BCUT2D eigenvalue weighted by Gasteiger charge is -2.12. The van der Waals surface area contributed by atoms with E-state index in [0.717, 1.165) is 23.6 Å². The first kappa shape index (κ1) is 15.8. The van der Waals surface area contributed by atoms with Gasteiger partial charge in [0.15, 0.2) is 5.69 Å². The third kappa shape index (κ3) is 4.17. The van der Waals surface area contributed by atoms with Crippen LogP contribution in [0.5, 0.6) is 0 Å². The molecule has 1 heterocycles. The summed E-state index contributed by atoms with van der Waals surface area (Å²) in [5.41, 5.74) is 0.387. The van der Waals surface area contributed by atoms with E-state index in [-0.39, 0.29) is 17.3 Å². The molecule has 21 heavy (non-hydrogen) atoms. The number of rotatable bonds is 6. The van der Waals surface area contributed by atoms with Gasteiger partial charge in [0, 0.05) is 19.8 Å². The van der Waals surface area contributed by atoms with Crippen molar-refractivity contribution in [3.05, 3.63) is 17.8 Å². The number of carbonyl (C=O) groups is 2. The molecule has 0 bridgehead atoms. The zero-order valence-electron chi connectivity index (χ0n) is 12.5. The number of hydrogen-bond acceptors (Lipinski definition) is 6. The normalized spacial score (nSPS) is 15.4.